The molecule has 0 atom stereocenters. The van der Waals surface area contributed by atoms with Gasteiger partial charge in [0.25, 0.3) is 0 Å². The van der Waals surface area contributed by atoms with Crippen LogP contribution in [0.5, 0.6) is 0 Å². The zero-order chi connectivity index (χ0) is 15.1. The van der Waals surface area contributed by atoms with Crippen molar-refractivity contribution in [3.63, 3.8) is 0 Å². The maximum atomic E-state index is 6.37. The van der Waals surface area contributed by atoms with E-state index in [9.17, 15) is 0 Å². The first-order chi connectivity index (χ1) is 10.7. The first-order valence-corrected chi connectivity index (χ1v) is 7.84. The number of amidine groups is 1. The number of benzene rings is 2. The number of rotatable bonds is 2. The molecule has 0 unspecified atom stereocenters. The molecular weight excluding hydrogens is 353 g/mol. The highest BCUT2D eigenvalue weighted by atomic mass is 35.5. The normalized spacial score (nSPS) is 13.6. The second-order valence-corrected chi connectivity index (χ2v) is 6.05. The highest BCUT2D eigenvalue weighted by Gasteiger charge is 2.21. The second-order valence-electron chi connectivity index (χ2n) is 5.21. The Labute approximate surface area is 150 Å². The fraction of sp³-hybridized carbons (Fsp3) is 0.118. The van der Waals surface area contributed by atoms with Gasteiger partial charge in [-0.1, -0.05) is 53.5 Å². The summed E-state index contributed by atoms with van der Waals surface area (Å²) < 4.78 is 0. The van der Waals surface area contributed by atoms with E-state index in [0.717, 1.165) is 46.6 Å². The van der Waals surface area contributed by atoms with Crippen molar-refractivity contribution >= 4 is 52.3 Å². The fourth-order valence-corrected chi connectivity index (χ4v) is 3.39. The van der Waals surface area contributed by atoms with Crippen LogP contribution in [-0.2, 0) is 0 Å². The van der Waals surface area contributed by atoms with Crippen LogP contribution in [0, 0.1) is 0 Å². The Bertz CT molecular complexity index is 885. The van der Waals surface area contributed by atoms with Crippen LogP contribution in [0.1, 0.15) is 5.56 Å². The van der Waals surface area contributed by atoms with Gasteiger partial charge in [-0.05, 0) is 17.7 Å². The molecule has 23 heavy (non-hydrogen) atoms. The number of H-pyrrole nitrogens is 1. The first-order valence-electron chi connectivity index (χ1n) is 7.09. The van der Waals surface area contributed by atoms with Gasteiger partial charge in [-0.2, -0.15) is 0 Å². The van der Waals surface area contributed by atoms with E-state index in [-0.39, 0.29) is 12.4 Å². The molecule has 2 aromatic carbocycles. The molecular formula is C17H14Cl3N3. The molecule has 2 heterocycles. The van der Waals surface area contributed by atoms with Gasteiger partial charge in [0, 0.05) is 22.5 Å². The summed E-state index contributed by atoms with van der Waals surface area (Å²) in [6.45, 7) is 1.63. The van der Waals surface area contributed by atoms with E-state index in [2.05, 4.69) is 27.4 Å². The minimum absolute atomic E-state index is 0. The predicted octanol–water partition coefficient (Wildman–Crippen LogP) is 4.91. The van der Waals surface area contributed by atoms with Gasteiger partial charge in [0.05, 0.1) is 22.8 Å². The molecule has 0 saturated heterocycles. The summed E-state index contributed by atoms with van der Waals surface area (Å²) in [6.07, 6.45) is 0. The van der Waals surface area contributed by atoms with Crippen LogP contribution in [0.4, 0.5) is 0 Å². The smallest absolute Gasteiger partial charge is 0.131 e. The topological polar surface area (TPSA) is 40.2 Å². The lowest BCUT2D eigenvalue weighted by atomic mass is 10.0. The van der Waals surface area contributed by atoms with Crippen molar-refractivity contribution < 1.29 is 0 Å². The molecule has 6 heteroatoms. The standard InChI is InChI=1S/C17H13Cl2N3.ClH/c18-11-8-12-14(17-20-6-7-21-17)15(10-4-2-1-3-5-10)22-16(12)13(19)9-11;/h1-5,8-9,22H,6-7H2,(H,20,21);1H. The molecule has 0 saturated carbocycles. The van der Waals surface area contributed by atoms with Gasteiger partial charge in [-0.15, -0.1) is 12.4 Å². The molecule has 2 N–H and O–H groups in total. The number of hydrogen-bond donors (Lipinski definition) is 2. The molecule has 4 rings (SSSR count). The molecule has 118 valence electrons. The first kappa shape index (κ1) is 16.2. The minimum atomic E-state index is 0. The molecule has 0 radical (unpaired) electrons. The summed E-state index contributed by atoms with van der Waals surface area (Å²) in [7, 11) is 0. The highest BCUT2D eigenvalue weighted by Crippen LogP contribution is 2.36. The van der Waals surface area contributed by atoms with Crippen molar-refractivity contribution in [3.8, 4) is 11.3 Å². The van der Waals surface area contributed by atoms with Crippen LogP contribution in [0.25, 0.3) is 22.2 Å². The Morgan fingerprint density at radius 2 is 1.83 bits per heavy atom. The van der Waals surface area contributed by atoms with Crippen LogP contribution in [-0.4, -0.2) is 23.9 Å². The number of hydrogen-bond acceptors (Lipinski definition) is 2. The number of nitrogens with one attached hydrogen (secondary N) is 2. The van der Waals surface area contributed by atoms with Crippen molar-refractivity contribution in [1.29, 1.82) is 0 Å². The van der Waals surface area contributed by atoms with E-state index in [0.29, 0.717) is 10.0 Å². The number of aliphatic imine (C=N–C) groups is 1. The second kappa shape index (κ2) is 6.44. The number of fused-ring (bicyclic) bond motifs is 1. The summed E-state index contributed by atoms with van der Waals surface area (Å²) in [5, 5.41) is 5.57. The van der Waals surface area contributed by atoms with E-state index in [4.69, 9.17) is 23.2 Å². The summed E-state index contributed by atoms with van der Waals surface area (Å²) >= 11 is 12.6. The fourth-order valence-electron chi connectivity index (χ4n) is 2.85. The molecule has 0 spiro atoms. The Balaban J connectivity index is 0.00000156. The van der Waals surface area contributed by atoms with Crippen LogP contribution < -0.4 is 5.32 Å². The summed E-state index contributed by atoms with van der Waals surface area (Å²) in [5.74, 6) is 0.892. The van der Waals surface area contributed by atoms with Gasteiger partial charge in [-0.25, -0.2) is 0 Å². The predicted molar refractivity (Wildman–Crippen MR) is 100 cm³/mol. The lowest BCUT2D eigenvalue weighted by Crippen LogP contribution is -2.19. The average molecular weight is 367 g/mol. The molecule has 1 aliphatic heterocycles. The van der Waals surface area contributed by atoms with Crippen molar-refractivity contribution in [3.05, 3.63) is 58.1 Å². The molecule has 1 aromatic heterocycles. The monoisotopic (exact) mass is 365 g/mol. The van der Waals surface area contributed by atoms with Crippen LogP contribution in [0.3, 0.4) is 0 Å². The molecule has 1 aliphatic rings. The Morgan fingerprint density at radius 3 is 2.52 bits per heavy atom. The van der Waals surface area contributed by atoms with Gasteiger partial charge >= 0.3 is 0 Å². The zero-order valence-electron chi connectivity index (χ0n) is 12.1. The van der Waals surface area contributed by atoms with Crippen LogP contribution in [0.2, 0.25) is 10.0 Å². The van der Waals surface area contributed by atoms with Crippen molar-refractivity contribution in [2.75, 3.05) is 13.1 Å². The van der Waals surface area contributed by atoms with Gasteiger partial charge in [0.1, 0.15) is 5.84 Å². The van der Waals surface area contributed by atoms with E-state index >= 15 is 0 Å². The zero-order valence-corrected chi connectivity index (χ0v) is 14.4. The lowest BCUT2D eigenvalue weighted by molar-refractivity contribution is 0.960. The Hall–Kier alpha value is -1.68. The third-order valence-corrected chi connectivity index (χ3v) is 4.31. The molecule has 3 nitrogen and oxygen atoms in total. The molecule has 0 fully saturated rings. The van der Waals surface area contributed by atoms with E-state index in [1.54, 1.807) is 6.07 Å². The number of halogens is 3. The maximum absolute atomic E-state index is 6.37. The summed E-state index contributed by atoms with van der Waals surface area (Å²) in [6, 6.07) is 13.9. The molecule has 0 aliphatic carbocycles. The number of aromatic nitrogens is 1. The third-order valence-electron chi connectivity index (χ3n) is 3.80. The van der Waals surface area contributed by atoms with Gasteiger partial charge in [-0.3, -0.25) is 4.99 Å². The summed E-state index contributed by atoms with van der Waals surface area (Å²) in [4.78, 5) is 8.01. The average Bonchev–Trinajstić information content (AvgIpc) is 3.14. The number of nitrogens with zero attached hydrogens (tertiary/aromatic N) is 1. The van der Waals surface area contributed by atoms with Gasteiger partial charge in [0.2, 0.25) is 0 Å². The van der Waals surface area contributed by atoms with Crippen molar-refractivity contribution in [1.82, 2.24) is 10.3 Å². The maximum Gasteiger partial charge on any atom is 0.131 e. The highest BCUT2D eigenvalue weighted by molar-refractivity contribution is 6.39. The minimum Gasteiger partial charge on any atom is -0.368 e. The van der Waals surface area contributed by atoms with E-state index in [1.807, 2.05) is 24.3 Å². The Morgan fingerprint density at radius 1 is 1.04 bits per heavy atom. The van der Waals surface area contributed by atoms with Crippen molar-refractivity contribution in [2.24, 2.45) is 4.99 Å². The van der Waals surface area contributed by atoms with Crippen LogP contribution >= 0.6 is 35.6 Å². The van der Waals surface area contributed by atoms with E-state index in [1.165, 1.54) is 0 Å². The third kappa shape index (κ3) is 2.80. The summed E-state index contributed by atoms with van der Waals surface area (Å²) in [5.41, 5.74) is 4.02. The van der Waals surface area contributed by atoms with Crippen LogP contribution in [0.15, 0.2) is 47.5 Å². The SMILES string of the molecule is Cl.Clc1cc(Cl)c2[nH]c(-c3ccccc3)c(C3=NCCN3)c2c1. The Kier molecular flexibility index (Phi) is 4.53. The van der Waals surface area contributed by atoms with E-state index < -0.39 is 0 Å². The lowest BCUT2D eigenvalue weighted by Gasteiger charge is -2.06. The van der Waals surface area contributed by atoms with Gasteiger partial charge < -0.3 is 10.3 Å². The van der Waals surface area contributed by atoms with Crippen molar-refractivity contribution in [2.45, 2.75) is 0 Å². The van der Waals surface area contributed by atoms with Gasteiger partial charge in [0.15, 0.2) is 0 Å². The molecule has 3 aromatic rings. The number of aromatic amines is 1. The molecule has 0 bridgehead atoms. The largest absolute Gasteiger partial charge is 0.368 e. The quantitative estimate of drug-likeness (QED) is 0.664. The molecule has 0 amide bonds.